The Morgan fingerprint density at radius 1 is 1.43 bits per heavy atom. The van der Waals surface area contributed by atoms with Gasteiger partial charge in [-0.25, -0.2) is 22.0 Å². The van der Waals surface area contributed by atoms with Crippen molar-refractivity contribution in [2.75, 3.05) is 6.54 Å². The van der Waals surface area contributed by atoms with Crippen LogP contribution in [-0.2, 0) is 24.7 Å². The maximum Gasteiger partial charge on any atom is 0.247 e. The minimum Gasteiger partial charge on any atom is -0.336 e. The lowest BCUT2D eigenvalue weighted by Gasteiger charge is -2.35. The van der Waals surface area contributed by atoms with E-state index >= 15 is 0 Å². The third-order valence-electron chi connectivity index (χ3n) is 4.02. The maximum absolute atomic E-state index is 12.5. The van der Waals surface area contributed by atoms with Crippen molar-refractivity contribution in [2.45, 2.75) is 53.3 Å². The molecule has 1 aromatic heterocycles. The lowest BCUT2D eigenvalue weighted by atomic mass is 10.0. The molecule has 2 rings (SSSR count). The maximum atomic E-state index is 12.5. The Kier molecular flexibility index (Phi) is 4.91. The van der Waals surface area contributed by atoms with Crippen LogP contribution in [0.5, 0.6) is 0 Å². The van der Waals surface area contributed by atoms with Gasteiger partial charge in [-0.1, -0.05) is 6.92 Å². The SMILES string of the molecule is CCC(=O)N(CC)[C@@H]1C[C@@H](C)S(=O)(=O)c2sc(S(N)(=O)=O)cc21. The van der Waals surface area contributed by atoms with Crippen LogP contribution in [0.3, 0.4) is 0 Å². The van der Waals surface area contributed by atoms with Gasteiger partial charge in [0, 0.05) is 18.5 Å². The number of carbonyl (C=O) groups is 1. The first-order valence-electron chi connectivity index (χ1n) is 7.23. The Labute approximate surface area is 140 Å². The summed E-state index contributed by atoms with van der Waals surface area (Å²) < 4.78 is 48.0. The number of hydrogen-bond acceptors (Lipinski definition) is 6. The zero-order valence-corrected chi connectivity index (χ0v) is 15.6. The Morgan fingerprint density at radius 2 is 2.04 bits per heavy atom. The van der Waals surface area contributed by atoms with E-state index in [9.17, 15) is 21.6 Å². The number of thiophene rings is 1. The topological polar surface area (TPSA) is 115 Å². The molecule has 2 atom stereocenters. The molecule has 0 radical (unpaired) electrons. The summed E-state index contributed by atoms with van der Waals surface area (Å²) in [4.78, 5) is 13.8. The fourth-order valence-corrected chi connectivity index (χ4v) is 7.18. The van der Waals surface area contributed by atoms with Crippen LogP contribution in [-0.4, -0.2) is 39.4 Å². The molecule has 2 heterocycles. The summed E-state index contributed by atoms with van der Waals surface area (Å²) >= 11 is 0.665. The second-order valence-electron chi connectivity index (χ2n) is 5.49. The number of sulfone groups is 1. The van der Waals surface area contributed by atoms with Crippen molar-refractivity contribution in [3.8, 4) is 0 Å². The fourth-order valence-electron chi connectivity index (χ4n) is 2.78. The van der Waals surface area contributed by atoms with Crippen LogP contribution in [0.1, 0.15) is 45.2 Å². The molecule has 0 unspecified atom stereocenters. The summed E-state index contributed by atoms with van der Waals surface area (Å²) in [6, 6.07) is 0.849. The summed E-state index contributed by atoms with van der Waals surface area (Å²) in [7, 11) is -7.60. The van der Waals surface area contributed by atoms with E-state index in [0.717, 1.165) is 0 Å². The number of rotatable bonds is 4. The summed E-state index contributed by atoms with van der Waals surface area (Å²) in [6.07, 6.45) is 0.544. The van der Waals surface area contributed by atoms with E-state index in [1.165, 1.54) is 6.07 Å². The van der Waals surface area contributed by atoms with Crippen LogP contribution >= 0.6 is 11.3 Å². The highest BCUT2D eigenvalue weighted by atomic mass is 32.3. The van der Waals surface area contributed by atoms with Crippen molar-refractivity contribution in [1.29, 1.82) is 0 Å². The molecule has 1 aliphatic heterocycles. The van der Waals surface area contributed by atoms with Crippen molar-refractivity contribution in [1.82, 2.24) is 4.90 Å². The first-order chi connectivity index (χ1) is 10.5. The van der Waals surface area contributed by atoms with Crippen LogP contribution < -0.4 is 5.14 Å². The van der Waals surface area contributed by atoms with E-state index in [4.69, 9.17) is 5.14 Å². The first kappa shape index (κ1) is 18.4. The van der Waals surface area contributed by atoms with E-state index < -0.39 is 31.2 Å². The Hall–Kier alpha value is -0.970. The predicted octanol–water partition coefficient (Wildman–Crippen LogP) is 1.26. The van der Waals surface area contributed by atoms with E-state index in [1.54, 1.807) is 18.7 Å². The van der Waals surface area contributed by atoms with Crippen LogP contribution in [0.25, 0.3) is 0 Å². The van der Waals surface area contributed by atoms with Gasteiger partial charge in [-0.15, -0.1) is 11.3 Å². The van der Waals surface area contributed by atoms with Gasteiger partial charge >= 0.3 is 0 Å². The summed E-state index contributed by atoms with van der Waals surface area (Å²) in [5.74, 6) is -0.0988. The van der Waals surface area contributed by atoms with Crippen molar-refractivity contribution in [2.24, 2.45) is 5.14 Å². The molecule has 0 aromatic carbocycles. The van der Waals surface area contributed by atoms with Gasteiger partial charge < -0.3 is 4.90 Å². The molecule has 1 amide bonds. The van der Waals surface area contributed by atoms with Crippen LogP contribution in [0.15, 0.2) is 14.5 Å². The molecule has 130 valence electrons. The second-order valence-corrected chi connectivity index (χ2v) is 10.9. The highest BCUT2D eigenvalue weighted by molar-refractivity contribution is 7.95. The molecule has 1 aromatic rings. The van der Waals surface area contributed by atoms with E-state index in [0.29, 0.717) is 29.9 Å². The van der Waals surface area contributed by atoms with Gasteiger partial charge in [0.1, 0.15) is 8.42 Å². The fraction of sp³-hybridized carbons (Fsp3) is 0.615. The normalized spacial score (nSPS) is 23.3. The molecule has 23 heavy (non-hydrogen) atoms. The third kappa shape index (κ3) is 3.17. The smallest absolute Gasteiger partial charge is 0.247 e. The lowest BCUT2D eigenvalue weighted by Crippen LogP contribution is -2.39. The zero-order valence-electron chi connectivity index (χ0n) is 13.1. The molecule has 0 aliphatic carbocycles. The average Bonchev–Trinajstić information content (AvgIpc) is 2.91. The third-order valence-corrected chi connectivity index (χ3v) is 9.34. The molecule has 2 N–H and O–H groups in total. The molecule has 7 nitrogen and oxygen atoms in total. The van der Waals surface area contributed by atoms with Gasteiger partial charge in [0.15, 0.2) is 9.84 Å². The average molecular weight is 381 g/mol. The number of carbonyl (C=O) groups excluding carboxylic acids is 1. The molecular weight excluding hydrogens is 360 g/mol. The van der Waals surface area contributed by atoms with Crippen molar-refractivity contribution >= 4 is 37.1 Å². The molecule has 0 fully saturated rings. The van der Waals surface area contributed by atoms with E-state index in [-0.39, 0.29) is 20.7 Å². The predicted molar refractivity (Wildman–Crippen MR) is 87.4 cm³/mol. The van der Waals surface area contributed by atoms with E-state index in [1.807, 2.05) is 6.92 Å². The second kappa shape index (κ2) is 6.15. The zero-order chi connectivity index (χ0) is 17.6. The van der Waals surface area contributed by atoms with Crippen molar-refractivity contribution in [3.63, 3.8) is 0 Å². The van der Waals surface area contributed by atoms with Crippen molar-refractivity contribution in [3.05, 3.63) is 11.6 Å². The lowest BCUT2D eigenvalue weighted by molar-refractivity contribution is -0.133. The number of fused-ring (bicyclic) bond motifs is 1. The van der Waals surface area contributed by atoms with Gasteiger partial charge in [0.25, 0.3) is 0 Å². The number of hydrogen-bond donors (Lipinski definition) is 1. The summed E-state index contributed by atoms with van der Waals surface area (Å²) in [5.41, 5.74) is 0.362. The molecule has 0 saturated heterocycles. The first-order valence-corrected chi connectivity index (χ1v) is 11.1. The van der Waals surface area contributed by atoms with Crippen LogP contribution in [0.2, 0.25) is 0 Å². The van der Waals surface area contributed by atoms with Gasteiger partial charge in [0.2, 0.25) is 15.9 Å². The highest BCUT2D eigenvalue weighted by Crippen LogP contribution is 2.45. The molecule has 0 saturated carbocycles. The van der Waals surface area contributed by atoms with Gasteiger partial charge in [-0.2, -0.15) is 0 Å². The molecule has 1 aliphatic rings. The number of nitrogens with two attached hydrogens (primary N) is 1. The largest absolute Gasteiger partial charge is 0.336 e. The van der Waals surface area contributed by atoms with E-state index in [2.05, 4.69) is 0 Å². The molecule has 10 heteroatoms. The van der Waals surface area contributed by atoms with Crippen LogP contribution in [0, 0.1) is 0 Å². The quantitative estimate of drug-likeness (QED) is 0.844. The van der Waals surface area contributed by atoms with Crippen LogP contribution in [0.4, 0.5) is 0 Å². The Bertz CT molecular complexity index is 826. The summed E-state index contributed by atoms with van der Waals surface area (Å²) in [5, 5.41) is 4.45. The minimum absolute atomic E-state index is 0.00706. The molecule has 0 bridgehead atoms. The minimum atomic E-state index is -4.00. The summed E-state index contributed by atoms with van der Waals surface area (Å²) in [6.45, 7) is 5.54. The standard InChI is InChI=1S/C13H20N2O5S3/c1-4-11(16)15(5-2)10-6-8(3)22(17,18)13-9(10)7-12(21-13)23(14,19)20/h7-8,10H,4-6H2,1-3H3,(H2,14,19,20)/t8-,10-/m1/s1. The van der Waals surface area contributed by atoms with Crippen molar-refractivity contribution < 1.29 is 21.6 Å². The number of nitrogens with zero attached hydrogens (tertiary/aromatic N) is 1. The Balaban J connectivity index is 2.67. The van der Waals surface area contributed by atoms with Gasteiger partial charge in [0.05, 0.1) is 11.3 Å². The molecule has 0 spiro atoms. The highest BCUT2D eigenvalue weighted by Gasteiger charge is 2.42. The molecular formula is C13H20N2O5S3. The number of amides is 1. The number of sulfonamides is 1. The van der Waals surface area contributed by atoms with Gasteiger partial charge in [-0.05, 0) is 26.3 Å². The van der Waals surface area contributed by atoms with Gasteiger partial charge in [-0.3, -0.25) is 4.79 Å². The monoisotopic (exact) mass is 380 g/mol. The number of primary sulfonamides is 1. The Morgan fingerprint density at radius 3 is 2.52 bits per heavy atom.